The van der Waals surface area contributed by atoms with Crippen molar-refractivity contribution in [3.05, 3.63) is 29.8 Å². The summed E-state index contributed by atoms with van der Waals surface area (Å²) < 4.78 is 5.30. The zero-order valence-corrected chi connectivity index (χ0v) is 13.8. The molecule has 1 aliphatic heterocycles. The van der Waals surface area contributed by atoms with Crippen LogP contribution in [-0.4, -0.2) is 37.6 Å². The second-order valence-corrected chi connectivity index (χ2v) is 6.47. The number of carbonyl (C=O) groups excluding carboxylic acids is 2. The van der Waals surface area contributed by atoms with E-state index in [1.165, 1.54) is 0 Å². The molecule has 1 aromatic rings. The quantitative estimate of drug-likeness (QED) is 0.762. The Hall–Kier alpha value is -1.92. The topological polar surface area (TPSA) is 79.5 Å². The van der Waals surface area contributed by atoms with E-state index >= 15 is 0 Å². The van der Waals surface area contributed by atoms with Crippen LogP contribution in [0, 0.1) is 5.92 Å². The summed E-state index contributed by atoms with van der Waals surface area (Å²) in [5.74, 6) is 0.193. The molecule has 2 fully saturated rings. The molecule has 3 rings (SSSR count). The summed E-state index contributed by atoms with van der Waals surface area (Å²) in [4.78, 5) is 24.3. The van der Waals surface area contributed by atoms with Crippen molar-refractivity contribution in [2.75, 3.05) is 25.1 Å². The number of hydrogen-bond donors (Lipinski definition) is 3. The number of carbonyl (C=O) groups is 2. The largest absolute Gasteiger partial charge is 0.378 e. The van der Waals surface area contributed by atoms with Crippen molar-refractivity contribution in [3.63, 3.8) is 0 Å². The first-order valence-electron chi connectivity index (χ1n) is 8.71. The minimum Gasteiger partial charge on any atom is -0.378 e. The Bertz CT molecular complexity index is 579. The molecule has 6 nitrogen and oxygen atoms in total. The lowest BCUT2D eigenvalue weighted by atomic mass is 10.1. The molecule has 1 saturated heterocycles. The van der Waals surface area contributed by atoms with Gasteiger partial charge in [0.25, 0.3) is 0 Å². The highest BCUT2D eigenvalue weighted by atomic mass is 16.5. The van der Waals surface area contributed by atoms with Crippen molar-refractivity contribution in [2.24, 2.45) is 5.92 Å². The van der Waals surface area contributed by atoms with Gasteiger partial charge in [-0.25, -0.2) is 0 Å². The summed E-state index contributed by atoms with van der Waals surface area (Å²) in [6.45, 7) is 2.18. The fraction of sp³-hybridized carbons (Fsp3) is 0.556. The monoisotopic (exact) mass is 331 g/mol. The molecule has 130 valence electrons. The zero-order valence-electron chi connectivity index (χ0n) is 13.8. The molecule has 1 unspecified atom stereocenters. The minimum absolute atomic E-state index is 0.0601. The first-order valence-corrected chi connectivity index (χ1v) is 8.71. The van der Waals surface area contributed by atoms with E-state index in [4.69, 9.17) is 4.74 Å². The van der Waals surface area contributed by atoms with E-state index in [2.05, 4.69) is 16.0 Å². The molecule has 3 N–H and O–H groups in total. The van der Waals surface area contributed by atoms with Gasteiger partial charge in [0.2, 0.25) is 11.8 Å². The van der Waals surface area contributed by atoms with Crippen molar-refractivity contribution in [3.8, 4) is 0 Å². The number of nitrogens with one attached hydrogen (secondary N) is 3. The molecule has 6 heteroatoms. The lowest BCUT2D eigenvalue weighted by Gasteiger charge is -2.22. The zero-order chi connectivity index (χ0) is 16.8. The van der Waals surface area contributed by atoms with Crippen LogP contribution in [0.1, 0.15) is 31.2 Å². The number of rotatable bonds is 5. The summed E-state index contributed by atoms with van der Waals surface area (Å²) in [6, 6.07) is 7.35. The molecule has 1 heterocycles. The van der Waals surface area contributed by atoms with Crippen LogP contribution in [-0.2, 0) is 20.9 Å². The van der Waals surface area contributed by atoms with E-state index in [-0.39, 0.29) is 23.8 Å². The fourth-order valence-corrected chi connectivity index (χ4v) is 3.24. The summed E-state index contributed by atoms with van der Waals surface area (Å²) >= 11 is 0. The van der Waals surface area contributed by atoms with Gasteiger partial charge in [-0.3, -0.25) is 9.59 Å². The Morgan fingerprint density at radius 2 is 2.04 bits per heavy atom. The van der Waals surface area contributed by atoms with Gasteiger partial charge in [0.05, 0.1) is 13.2 Å². The number of amides is 2. The van der Waals surface area contributed by atoms with E-state index in [0.717, 1.165) is 36.9 Å². The van der Waals surface area contributed by atoms with Gasteiger partial charge in [-0.15, -0.1) is 0 Å². The third-order valence-electron chi connectivity index (χ3n) is 4.63. The van der Waals surface area contributed by atoms with Crippen LogP contribution in [0.3, 0.4) is 0 Å². The van der Waals surface area contributed by atoms with E-state index < -0.39 is 0 Å². The molecular weight excluding hydrogens is 306 g/mol. The second-order valence-electron chi connectivity index (χ2n) is 6.47. The molecule has 1 atom stereocenters. The average Bonchev–Trinajstić information content (AvgIpc) is 3.15. The van der Waals surface area contributed by atoms with Gasteiger partial charge in [-0.1, -0.05) is 25.0 Å². The summed E-state index contributed by atoms with van der Waals surface area (Å²) in [5.41, 5.74) is 1.75. The number of ether oxygens (including phenoxy) is 1. The van der Waals surface area contributed by atoms with Gasteiger partial charge < -0.3 is 20.7 Å². The predicted octanol–water partition coefficient (Wildman–Crippen LogP) is 1.42. The van der Waals surface area contributed by atoms with Gasteiger partial charge in [0.15, 0.2) is 0 Å². The van der Waals surface area contributed by atoms with Crippen LogP contribution in [0.15, 0.2) is 24.3 Å². The highest BCUT2D eigenvalue weighted by molar-refractivity contribution is 5.92. The second kappa shape index (κ2) is 8.26. The highest BCUT2D eigenvalue weighted by Gasteiger charge is 2.23. The number of anilines is 1. The Morgan fingerprint density at radius 1 is 1.21 bits per heavy atom. The van der Waals surface area contributed by atoms with Gasteiger partial charge in [-0.2, -0.15) is 0 Å². The Balaban J connectivity index is 1.51. The van der Waals surface area contributed by atoms with Gasteiger partial charge in [0, 0.05) is 24.7 Å². The van der Waals surface area contributed by atoms with Crippen LogP contribution in [0.4, 0.5) is 5.69 Å². The molecule has 1 aliphatic carbocycles. The standard InChI is InChI=1S/C18H25N3O3/c22-17(14-5-1-2-6-14)21-15-7-3-4-13(10-15)11-20-18(23)16-12-24-9-8-19-16/h3-4,7,10,14,16,19H,1-2,5-6,8-9,11-12H2,(H,20,23)(H,21,22). The van der Waals surface area contributed by atoms with Crippen LogP contribution in [0.25, 0.3) is 0 Å². The number of benzene rings is 1. The first kappa shape index (κ1) is 16.9. The normalized spacial score (nSPS) is 21.4. The predicted molar refractivity (Wildman–Crippen MR) is 91.5 cm³/mol. The Morgan fingerprint density at radius 3 is 2.79 bits per heavy atom. The molecule has 2 amide bonds. The van der Waals surface area contributed by atoms with Crippen molar-refractivity contribution in [1.82, 2.24) is 10.6 Å². The van der Waals surface area contributed by atoms with Crippen LogP contribution < -0.4 is 16.0 Å². The molecule has 0 radical (unpaired) electrons. The molecule has 1 aromatic carbocycles. The van der Waals surface area contributed by atoms with E-state index in [0.29, 0.717) is 26.3 Å². The van der Waals surface area contributed by atoms with Crippen LogP contribution >= 0.6 is 0 Å². The Labute approximate surface area is 142 Å². The van der Waals surface area contributed by atoms with Crippen molar-refractivity contribution < 1.29 is 14.3 Å². The van der Waals surface area contributed by atoms with Crippen molar-refractivity contribution in [2.45, 2.75) is 38.3 Å². The molecule has 0 aromatic heterocycles. The lowest BCUT2D eigenvalue weighted by Crippen LogP contribution is -2.51. The maximum atomic E-state index is 12.2. The van der Waals surface area contributed by atoms with Gasteiger partial charge in [-0.05, 0) is 30.5 Å². The molecule has 2 aliphatic rings. The lowest BCUT2D eigenvalue weighted by molar-refractivity contribution is -0.126. The fourth-order valence-electron chi connectivity index (χ4n) is 3.24. The third-order valence-corrected chi connectivity index (χ3v) is 4.63. The van der Waals surface area contributed by atoms with E-state index in [1.807, 2.05) is 24.3 Å². The maximum Gasteiger partial charge on any atom is 0.239 e. The molecule has 0 bridgehead atoms. The van der Waals surface area contributed by atoms with Gasteiger partial charge in [0.1, 0.15) is 6.04 Å². The summed E-state index contributed by atoms with van der Waals surface area (Å²) in [6.07, 6.45) is 4.25. The Kier molecular flexibility index (Phi) is 5.82. The first-order chi connectivity index (χ1) is 11.7. The molecule has 24 heavy (non-hydrogen) atoms. The molecule has 0 spiro atoms. The molecule has 1 saturated carbocycles. The summed E-state index contributed by atoms with van der Waals surface area (Å²) in [7, 11) is 0. The minimum atomic E-state index is -0.288. The molecular formula is C18H25N3O3. The van der Waals surface area contributed by atoms with Crippen LogP contribution in [0.5, 0.6) is 0 Å². The smallest absolute Gasteiger partial charge is 0.239 e. The third kappa shape index (κ3) is 4.55. The summed E-state index contributed by atoms with van der Waals surface area (Å²) in [5, 5.41) is 9.03. The number of morpholine rings is 1. The highest BCUT2D eigenvalue weighted by Crippen LogP contribution is 2.26. The van der Waals surface area contributed by atoms with Crippen LogP contribution in [0.2, 0.25) is 0 Å². The van der Waals surface area contributed by atoms with E-state index in [1.54, 1.807) is 0 Å². The maximum absolute atomic E-state index is 12.2. The van der Waals surface area contributed by atoms with Crippen molar-refractivity contribution >= 4 is 17.5 Å². The van der Waals surface area contributed by atoms with E-state index in [9.17, 15) is 9.59 Å². The van der Waals surface area contributed by atoms with Crippen molar-refractivity contribution in [1.29, 1.82) is 0 Å². The average molecular weight is 331 g/mol. The number of hydrogen-bond acceptors (Lipinski definition) is 4. The van der Waals surface area contributed by atoms with Gasteiger partial charge >= 0.3 is 0 Å². The SMILES string of the molecule is O=C(Nc1cccc(CNC(=O)C2COCCN2)c1)C1CCCC1.